The van der Waals surface area contributed by atoms with Gasteiger partial charge in [0.05, 0.1) is 7.11 Å². The van der Waals surface area contributed by atoms with E-state index in [1.54, 1.807) is 0 Å². The summed E-state index contributed by atoms with van der Waals surface area (Å²) in [5.41, 5.74) is 9.77. The van der Waals surface area contributed by atoms with Crippen molar-refractivity contribution in [1.82, 2.24) is 0 Å². The Morgan fingerprint density at radius 1 is 1.10 bits per heavy atom. The van der Waals surface area contributed by atoms with E-state index in [1.807, 2.05) is 0 Å². The second-order valence-corrected chi connectivity index (χ2v) is 11.6. The summed E-state index contributed by atoms with van der Waals surface area (Å²) in [4.78, 5) is 14.8. The minimum Gasteiger partial charge on any atom is -0.469 e. The molecule has 4 rings (SSSR count). The number of esters is 1. The van der Waals surface area contributed by atoms with Crippen LogP contribution in [0.4, 0.5) is 0 Å². The first kappa shape index (κ1) is 22.0. The maximum absolute atomic E-state index is 11.7. The first-order chi connectivity index (χ1) is 14.3. The van der Waals surface area contributed by atoms with Gasteiger partial charge in [-0.25, -0.2) is 0 Å². The van der Waals surface area contributed by atoms with Gasteiger partial charge < -0.3 is 4.74 Å². The van der Waals surface area contributed by atoms with Crippen LogP contribution in [0.1, 0.15) is 91.4 Å². The molecule has 5 nitrogen and oxygen atoms in total. The molecule has 0 N–H and O–H groups in total. The molecule has 5 heteroatoms. The van der Waals surface area contributed by atoms with Crippen LogP contribution in [-0.4, -0.2) is 19.1 Å². The van der Waals surface area contributed by atoms with E-state index in [1.165, 1.54) is 52.1 Å². The molecule has 0 aromatic heterocycles. The Balaban J connectivity index is 1.47. The largest absolute Gasteiger partial charge is 0.469 e. The zero-order valence-corrected chi connectivity index (χ0v) is 19.5. The third-order valence-corrected chi connectivity index (χ3v) is 10.6. The molecule has 4 aliphatic carbocycles. The smallest absolute Gasteiger partial charge is 0.305 e. The van der Waals surface area contributed by atoms with Gasteiger partial charge in [-0.3, -0.25) is 4.79 Å². The number of fused-ring (bicyclic) bond motifs is 5. The standard InChI is InChI=1S/C25H41N3O2/c1-16(5-10-23(29)30-4)20-8-9-21-19-7-6-17-15-18(27-28-26)11-13-24(17,2)22(19)12-14-25(20,21)3/h16-22H,5-15H2,1-4H3/t16-,17?,18+,19+,20-,21+,22+,24+,25-/m1/s1. The van der Waals surface area contributed by atoms with Crippen LogP contribution in [0.3, 0.4) is 0 Å². The Morgan fingerprint density at radius 2 is 1.83 bits per heavy atom. The summed E-state index contributed by atoms with van der Waals surface area (Å²) in [6.45, 7) is 7.55. The zero-order valence-electron chi connectivity index (χ0n) is 19.5. The lowest BCUT2D eigenvalue weighted by Gasteiger charge is -2.61. The van der Waals surface area contributed by atoms with Crippen molar-refractivity contribution in [3.05, 3.63) is 10.4 Å². The molecule has 4 fully saturated rings. The zero-order chi connectivity index (χ0) is 21.5. The van der Waals surface area contributed by atoms with Gasteiger partial charge in [0.25, 0.3) is 0 Å². The fourth-order valence-electron chi connectivity index (χ4n) is 9.04. The maximum Gasteiger partial charge on any atom is 0.305 e. The molecular weight excluding hydrogens is 374 g/mol. The highest BCUT2D eigenvalue weighted by Crippen LogP contribution is 2.68. The van der Waals surface area contributed by atoms with Crippen LogP contribution in [0, 0.1) is 46.3 Å². The summed E-state index contributed by atoms with van der Waals surface area (Å²) in [7, 11) is 1.50. The number of hydrogen-bond acceptors (Lipinski definition) is 3. The van der Waals surface area contributed by atoms with Crippen LogP contribution in [-0.2, 0) is 9.53 Å². The molecule has 9 atom stereocenters. The minimum absolute atomic E-state index is 0.0622. The average molecular weight is 416 g/mol. The van der Waals surface area contributed by atoms with Crippen molar-refractivity contribution in [1.29, 1.82) is 0 Å². The van der Waals surface area contributed by atoms with Crippen LogP contribution in [0.5, 0.6) is 0 Å². The highest BCUT2D eigenvalue weighted by molar-refractivity contribution is 5.69. The van der Waals surface area contributed by atoms with Gasteiger partial charge in [-0.05, 0) is 116 Å². The quantitative estimate of drug-likeness (QED) is 0.212. The topological polar surface area (TPSA) is 75.1 Å². The number of carbonyl (C=O) groups is 1. The molecule has 0 radical (unpaired) electrons. The van der Waals surface area contributed by atoms with E-state index in [0.717, 1.165) is 48.9 Å². The van der Waals surface area contributed by atoms with Crippen molar-refractivity contribution in [3.63, 3.8) is 0 Å². The van der Waals surface area contributed by atoms with Gasteiger partial charge in [-0.2, -0.15) is 0 Å². The summed E-state index contributed by atoms with van der Waals surface area (Å²) in [6, 6.07) is 0.227. The van der Waals surface area contributed by atoms with Gasteiger partial charge in [0, 0.05) is 17.4 Å². The summed E-state index contributed by atoms with van der Waals surface area (Å²) >= 11 is 0. The number of hydrogen-bond donors (Lipinski definition) is 0. The number of methoxy groups -OCH3 is 1. The van der Waals surface area contributed by atoms with Crippen molar-refractivity contribution in [2.45, 2.75) is 97.4 Å². The normalized spacial score (nSPS) is 46.0. The average Bonchev–Trinajstić information content (AvgIpc) is 3.09. The van der Waals surface area contributed by atoms with Crippen molar-refractivity contribution in [3.8, 4) is 0 Å². The predicted octanol–water partition coefficient (Wildman–Crippen LogP) is 6.91. The Hall–Kier alpha value is -1.22. The van der Waals surface area contributed by atoms with Gasteiger partial charge in [0.2, 0.25) is 0 Å². The molecule has 1 unspecified atom stereocenters. The maximum atomic E-state index is 11.7. The second kappa shape index (κ2) is 8.37. The van der Waals surface area contributed by atoms with E-state index in [4.69, 9.17) is 10.3 Å². The Kier molecular flexibility index (Phi) is 6.14. The predicted molar refractivity (Wildman–Crippen MR) is 119 cm³/mol. The van der Waals surface area contributed by atoms with Crippen molar-refractivity contribution < 1.29 is 9.53 Å². The first-order valence-corrected chi connectivity index (χ1v) is 12.4. The monoisotopic (exact) mass is 415 g/mol. The molecule has 0 aromatic rings. The summed E-state index contributed by atoms with van der Waals surface area (Å²) < 4.78 is 4.88. The molecule has 0 aliphatic heterocycles. The third kappa shape index (κ3) is 3.55. The number of carbonyl (C=O) groups excluding carboxylic acids is 1. The summed E-state index contributed by atoms with van der Waals surface area (Å²) in [5.74, 6) is 4.61. The van der Waals surface area contributed by atoms with Crippen LogP contribution in [0.25, 0.3) is 10.4 Å². The SMILES string of the molecule is COC(=O)CC[C@@H](C)[C@H]1CC[C@H]2[C@@H]3CCC4C[C@@H](N=[N+]=[N-])CC[C@]4(C)[C@H]3CC[C@]12C. The van der Waals surface area contributed by atoms with E-state index < -0.39 is 0 Å². The molecule has 0 aromatic carbocycles. The lowest BCUT2D eigenvalue weighted by atomic mass is 9.44. The number of rotatable bonds is 5. The lowest BCUT2D eigenvalue weighted by Crippen LogP contribution is -2.54. The summed E-state index contributed by atoms with van der Waals surface area (Å²) in [5, 5.41) is 4.09. The molecule has 0 spiro atoms. The minimum atomic E-state index is -0.0622. The fraction of sp³-hybridized carbons (Fsp3) is 0.960. The molecule has 168 valence electrons. The molecule has 0 bridgehead atoms. The van der Waals surface area contributed by atoms with E-state index in [2.05, 4.69) is 30.8 Å². The van der Waals surface area contributed by atoms with Crippen LogP contribution >= 0.6 is 0 Å². The molecular formula is C25H41N3O2. The van der Waals surface area contributed by atoms with E-state index in [9.17, 15) is 4.79 Å². The van der Waals surface area contributed by atoms with Crippen molar-refractivity contribution in [2.75, 3.05) is 7.11 Å². The van der Waals surface area contributed by atoms with Crippen molar-refractivity contribution >= 4 is 5.97 Å². The second-order valence-electron chi connectivity index (χ2n) is 11.6. The number of nitrogens with zero attached hydrogens (tertiary/aromatic N) is 3. The Morgan fingerprint density at radius 3 is 2.57 bits per heavy atom. The highest BCUT2D eigenvalue weighted by Gasteiger charge is 2.60. The molecule has 0 amide bonds. The van der Waals surface area contributed by atoms with Gasteiger partial charge in [-0.1, -0.05) is 25.9 Å². The van der Waals surface area contributed by atoms with Crippen LogP contribution < -0.4 is 0 Å². The van der Waals surface area contributed by atoms with Crippen molar-refractivity contribution in [2.24, 2.45) is 51.5 Å². The van der Waals surface area contributed by atoms with Crippen LogP contribution in [0.2, 0.25) is 0 Å². The van der Waals surface area contributed by atoms with Gasteiger partial charge in [-0.15, -0.1) is 0 Å². The fourth-order valence-corrected chi connectivity index (χ4v) is 9.04. The molecule has 4 aliphatic rings. The molecule has 0 heterocycles. The Labute approximate surface area is 182 Å². The molecule has 30 heavy (non-hydrogen) atoms. The highest BCUT2D eigenvalue weighted by atomic mass is 16.5. The Bertz CT molecular complexity index is 705. The van der Waals surface area contributed by atoms with E-state index in [-0.39, 0.29) is 12.0 Å². The van der Waals surface area contributed by atoms with E-state index in [0.29, 0.717) is 23.2 Å². The third-order valence-electron chi connectivity index (χ3n) is 10.6. The van der Waals surface area contributed by atoms with Crippen LogP contribution in [0.15, 0.2) is 5.11 Å². The first-order valence-electron chi connectivity index (χ1n) is 12.4. The lowest BCUT2D eigenvalue weighted by molar-refractivity contribution is -0.141. The van der Waals surface area contributed by atoms with Gasteiger partial charge in [0.1, 0.15) is 0 Å². The summed E-state index contributed by atoms with van der Waals surface area (Å²) in [6.07, 6.45) is 13.1. The number of azide groups is 1. The van der Waals surface area contributed by atoms with Gasteiger partial charge in [0.15, 0.2) is 0 Å². The van der Waals surface area contributed by atoms with E-state index >= 15 is 0 Å². The van der Waals surface area contributed by atoms with Gasteiger partial charge >= 0.3 is 5.97 Å². The molecule has 4 saturated carbocycles. The molecule has 0 saturated heterocycles. The number of ether oxygens (including phenoxy) is 1.